The van der Waals surface area contributed by atoms with Crippen LogP contribution in [0.15, 0.2) is 0 Å². The standard InChI is InChI=1S/C9H19NO2/c1-4-6-8(5-2)10(3)7-9(11)12/h8H,4-7H2,1-3H3,(H,11,12). The Morgan fingerprint density at radius 3 is 2.42 bits per heavy atom. The molecule has 0 bridgehead atoms. The fraction of sp³-hybridized carbons (Fsp3) is 0.889. The molecule has 0 aromatic carbocycles. The van der Waals surface area contributed by atoms with Gasteiger partial charge in [0.15, 0.2) is 0 Å². The number of nitrogens with zero attached hydrogens (tertiary/aromatic N) is 1. The highest BCUT2D eigenvalue weighted by molar-refractivity contribution is 5.69. The van der Waals surface area contributed by atoms with Gasteiger partial charge < -0.3 is 5.11 Å². The summed E-state index contributed by atoms with van der Waals surface area (Å²) in [7, 11) is 1.87. The first-order chi connectivity index (χ1) is 5.61. The molecule has 3 heteroatoms. The first-order valence-electron chi connectivity index (χ1n) is 4.53. The van der Waals surface area contributed by atoms with Crippen molar-refractivity contribution in [3.05, 3.63) is 0 Å². The quantitative estimate of drug-likeness (QED) is 0.663. The van der Waals surface area contributed by atoms with Gasteiger partial charge in [-0.15, -0.1) is 0 Å². The maximum Gasteiger partial charge on any atom is 0.317 e. The van der Waals surface area contributed by atoms with E-state index in [1.54, 1.807) is 0 Å². The lowest BCUT2D eigenvalue weighted by Crippen LogP contribution is -2.35. The predicted octanol–water partition coefficient (Wildman–Crippen LogP) is 1.58. The van der Waals surface area contributed by atoms with E-state index < -0.39 is 5.97 Å². The number of likely N-dealkylation sites (N-methyl/N-ethyl adjacent to an activating group) is 1. The van der Waals surface area contributed by atoms with E-state index in [0.29, 0.717) is 6.04 Å². The van der Waals surface area contributed by atoms with Crippen molar-refractivity contribution in [1.29, 1.82) is 0 Å². The lowest BCUT2D eigenvalue weighted by molar-refractivity contribution is -0.138. The van der Waals surface area contributed by atoms with Crippen LogP contribution < -0.4 is 0 Å². The third-order valence-corrected chi connectivity index (χ3v) is 2.10. The third-order valence-electron chi connectivity index (χ3n) is 2.10. The Balaban J connectivity index is 3.84. The Labute approximate surface area is 74.4 Å². The van der Waals surface area contributed by atoms with E-state index in [2.05, 4.69) is 13.8 Å². The Bertz CT molecular complexity index is 136. The minimum absolute atomic E-state index is 0.151. The molecule has 72 valence electrons. The van der Waals surface area contributed by atoms with Crippen molar-refractivity contribution in [2.75, 3.05) is 13.6 Å². The maximum atomic E-state index is 10.4. The van der Waals surface area contributed by atoms with E-state index in [0.717, 1.165) is 19.3 Å². The number of aliphatic carboxylic acids is 1. The molecule has 3 nitrogen and oxygen atoms in total. The first-order valence-corrected chi connectivity index (χ1v) is 4.53. The molecule has 0 aromatic heterocycles. The number of hydrogen-bond donors (Lipinski definition) is 1. The smallest absolute Gasteiger partial charge is 0.317 e. The van der Waals surface area contributed by atoms with Crippen LogP contribution in [-0.2, 0) is 4.79 Å². The highest BCUT2D eigenvalue weighted by atomic mass is 16.4. The van der Waals surface area contributed by atoms with Crippen molar-refractivity contribution >= 4 is 5.97 Å². The highest BCUT2D eigenvalue weighted by Crippen LogP contribution is 2.07. The van der Waals surface area contributed by atoms with Crippen molar-refractivity contribution in [2.24, 2.45) is 0 Å². The average Bonchev–Trinajstić information content (AvgIpc) is 1.98. The van der Waals surface area contributed by atoms with Crippen molar-refractivity contribution in [2.45, 2.75) is 39.2 Å². The molecular formula is C9H19NO2. The van der Waals surface area contributed by atoms with Gasteiger partial charge in [0.1, 0.15) is 0 Å². The largest absolute Gasteiger partial charge is 0.480 e. The van der Waals surface area contributed by atoms with Gasteiger partial charge in [-0.05, 0) is 19.9 Å². The second-order valence-corrected chi connectivity index (χ2v) is 3.16. The normalized spacial score (nSPS) is 13.3. The van der Waals surface area contributed by atoms with Crippen LogP contribution in [0.1, 0.15) is 33.1 Å². The van der Waals surface area contributed by atoms with E-state index in [1.807, 2.05) is 11.9 Å². The van der Waals surface area contributed by atoms with Gasteiger partial charge in [0.05, 0.1) is 6.54 Å². The molecule has 1 unspecified atom stereocenters. The lowest BCUT2D eigenvalue weighted by Gasteiger charge is -2.24. The van der Waals surface area contributed by atoms with E-state index in [1.165, 1.54) is 0 Å². The maximum absolute atomic E-state index is 10.4. The zero-order valence-electron chi connectivity index (χ0n) is 8.21. The molecular weight excluding hydrogens is 154 g/mol. The van der Waals surface area contributed by atoms with Crippen molar-refractivity contribution in [3.63, 3.8) is 0 Å². The second-order valence-electron chi connectivity index (χ2n) is 3.16. The Morgan fingerprint density at radius 2 is 2.08 bits per heavy atom. The molecule has 0 amide bonds. The Morgan fingerprint density at radius 1 is 1.50 bits per heavy atom. The van der Waals surface area contributed by atoms with Gasteiger partial charge in [0.25, 0.3) is 0 Å². The predicted molar refractivity (Wildman–Crippen MR) is 49.3 cm³/mol. The Hall–Kier alpha value is -0.570. The van der Waals surface area contributed by atoms with Crippen molar-refractivity contribution in [1.82, 2.24) is 4.90 Å². The highest BCUT2D eigenvalue weighted by Gasteiger charge is 2.13. The van der Waals surface area contributed by atoms with Gasteiger partial charge in [-0.25, -0.2) is 0 Å². The van der Waals surface area contributed by atoms with Gasteiger partial charge >= 0.3 is 5.97 Å². The summed E-state index contributed by atoms with van der Waals surface area (Å²) in [6, 6.07) is 0.422. The number of carboxylic acids is 1. The van der Waals surface area contributed by atoms with Crippen LogP contribution >= 0.6 is 0 Å². The molecule has 0 aliphatic carbocycles. The fourth-order valence-electron chi connectivity index (χ4n) is 1.41. The average molecular weight is 173 g/mol. The molecule has 0 spiro atoms. The van der Waals surface area contributed by atoms with Gasteiger partial charge in [-0.3, -0.25) is 9.69 Å². The fourth-order valence-corrected chi connectivity index (χ4v) is 1.41. The summed E-state index contributed by atoms with van der Waals surface area (Å²) in [6.07, 6.45) is 3.22. The molecule has 0 saturated carbocycles. The summed E-state index contributed by atoms with van der Waals surface area (Å²) in [6.45, 7) is 4.37. The monoisotopic (exact) mass is 173 g/mol. The number of carbonyl (C=O) groups is 1. The number of rotatable bonds is 6. The van der Waals surface area contributed by atoms with E-state index in [4.69, 9.17) is 5.11 Å². The summed E-state index contributed by atoms with van der Waals surface area (Å²) in [4.78, 5) is 12.3. The summed E-state index contributed by atoms with van der Waals surface area (Å²) in [5.41, 5.74) is 0. The molecule has 0 fully saturated rings. The molecule has 0 aliphatic rings. The van der Waals surface area contributed by atoms with E-state index in [-0.39, 0.29) is 6.54 Å². The third kappa shape index (κ3) is 4.34. The molecule has 0 aliphatic heterocycles. The second kappa shape index (κ2) is 6.00. The molecule has 0 rings (SSSR count). The van der Waals surface area contributed by atoms with Crippen LogP contribution in [0.2, 0.25) is 0 Å². The van der Waals surface area contributed by atoms with Crippen LogP contribution in [-0.4, -0.2) is 35.6 Å². The number of carboxylic acid groups (broad SMARTS) is 1. The van der Waals surface area contributed by atoms with Gasteiger partial charge in [-0.1, -0.05) is 20.3 Å². The van der Waals surface area contributed by atoms with E-state index in [9.17, 15) is 4.79 Å². The summed E-state index contributed by atoms with van der Waals surface area (Å²) in [5, 5.41) is 8.55. The molecule has 0 radical (unpaired) electrons. The van der Waals surface area contributed by atoms with Crippen LogP contribution in [0, 0.1) is 0 Å². The van der Waals surface area contributed by atoms with E-state index >= 15 is 0 Å². The zero-order valence-corrected chi connectivity index (χ0v) is 8.21. The van der Waals surface area contributed by atoms with Crippen LogP contribution in [0.5, 0.6) is 0 Å². The summed E-state index contributed by atoms with van der Waals surface area (Å²) >= 11 is 0. The van der Waals surface area contributed by atoms with Gasteiger partial charge in [-0.2, -0.15) is 0 Å². The molecule has 0 aromatic rings. The molecule has 0 saturated heterocycles. The molecule has 0 heterocycles. The van der Waals surface area contributed by atoms with Crippen LogP contribution in [0.4, 0.5) is 0 Å². The molecule has 1 atom stereocenters. The minimum Gasteiger partial charge on any atom is -0.480 e. The minimum atomic E-state index is -0.743. The van der Waals surface area contributed by atoms with Crippen molar-refractivity contribution < 1.29 is 9.90 Å². The molecule has 1 N–H and O–H groups in total. The number of hydrogen-bond acceptors (Lipinski definition) is 2. The lowest BCUT2D eigenvalue weighted by atomic mass is 10.1. The Kier molecular flexibility index (Phi) is 5.72. The van der Waals surface area contributed by atoms with Crippen LogP contribution in [0.25, 0.3) is 0 Å². The molecule has 12 heavy (non-hydrogen) atoms. The van der Waals surface area contributed by atoms with Gasteiger partial charge in [0, 0.05) is 6.04 Å². The zero-order chi connectivity index (χ0) is 9.56. The van der Waals surface area contributed by atoms with Crippen molar-refractivity contribution in [3.8, 4) is 0 Å². The summed E-state index contributed by atoms with van der Waals surface area (Å²) < 4.78 is 0. The van der Waals surface area contributed by atoms with Gasteiger partial charge in [0.2, 0.25) is 0 Å². The topological polar surface area (TPSA) is 40.5 Å². The first kappa shape index (κ1) is 11.4. The van der Waals surface area contributed by atoms with Crippen LogP contribution in [0.3, 0.4) is 0 Å². The SMILES string of the molecule is CCCC(CC)N(C)CC(=O)O. The summed E-state index contributed by atoms with van der Waals surface area (Å²) in [5.74, 6) is -0.743.